The topological polar surface area (TPSA) is 51.2 Å². The average molecular weight is 256 g/mol. The summed E-state index contributed by atoms with van der Waals surface area (Å²) in [6.45, 7) is 2.45. The summed E-state index contributed by atoms with van der Waals surface area (Å²) in [6, 6.07) is 13.4. The molecule has 1 aromatic heterocycles. The summed E-state index contributed by atoms with van der Waals surface area (Å²) < 4.78 is 5.66. The molecule has 0 fully saturated rings. The van der Waals surface area contributed by atoms with E-state index in [9.17, 15) is 4.79 Å². The third-order valence-corrected chi connectivity index (χ3v) is 2.55. The summed E-state index contributed by atoms with van der Waals surface area (Å²) in [5.74, 6) is 0.730. The Morgan fingerprint density at radius 3 is 2.89 bits per heavy atom. The van der Waals surface area contributed by atoms with Gasteiger partial charge in [0.25, 0.3) is 0 Å². The van der Waals surface area contributed by atoms with Crippen LogP contribution in [0.2, 0.25) is 0 Å². The minimum absolute atomic E-state index is 0.0418. The molecule has 1 heterocycles. The van der Waals surface area contributed by atoms with Crippen molar-refractivity contribution in [3.8, 4) is 5.75 Å². The zero-order valence-corrected chi connectivity index (χ0v) is 10.8. The second-order valence-corrected chi connectivity index (χ2v) is 4.17. The number of pyridine rings is 1. The molecular weight excluding hydrogens is 240 g/mol. The van der Waals surface area contributed by atoms with E-state index in [1.165, 1.54) is 6.92 Å². The first kappa shape index (κ1) is 13.1. The van der Waals surface area contributed by atoms with Gasteiger partial charge in [0, 0.05) is 19.7 Å². The number of hydrogen-bond acceptors (Lipinski definition) is 3. The summed E-state index contributed by atoms with van der Waals surface area (Å²) >= 11 is 0. The van der Waals surface area contributed by atoms with Crippen molar-refractivity contribution in [1.29, 1.82) is 0 Å². The summed E-state index contributed by atoms with van der Waals surface area (Å²) in [6.07, 6.45) is 1.74. The molecule has 4 heteroatoms. The van der Waals surface area contributed by atoms with Gasteiger partial charge < -0.3 is 10.1 Å². The lowest BCUT2D eigenvalue weighted by atomic mass is 10.2. The Kier molecular flexibility index (Phi) is 4.50. The SMILES string of the molecule is CC(=O)NCc1cccc(OCc2ccccn2)c1. The van der Waals surface area contributed by atoms with Crippen LogP contribution in [0.3, 0.4) is 0 Å². The first-order chi connectivity index (χ1) is 9.24. The highest BCUT2D eigenvalue weighted by atomic mass is 16.5. The van der Waals surface area contributed by atoms with E-state index in [1.54, 1.807) is 6.20 Å². The molecule has 2 aromatic rings. The number of hydrogen-bond donors (Lipinski definition) is 1. The predicted molar refractivity (Wildman–Crippen MR) is 72.5 cm³/mol. The zero-order valence-electron chi connectivity index (χ0n) is 10.8. The molecule has 1 amide bonds. The van der Waals surface area contributed by atoms with Gasteiger partial charge in [-0.3, -0.25) is 9.78 Å². The molecule has 0 atom stereocenters. The van der Waals surface area contributed by atoms with Crippen LogP contribution in [0.25, 0.3) is 0 Å². The Labute approximate surface area is 112 Å². The Bertz CT molecular complexity index is 541. The van der Waals surface area contributed by atoms with Gasteiger partial charge in [-0.15, -0.1) is 0 Å². The molecule has 0 saturated carbocycles. The number of benzene rings is 1. The van der Waals surface area contributed by atoms with Gasteiger partial charge in [-0.2, -0.15) is 0 Å². The Morgan fingerprint density at radius 1 is 1.26 bits per heavy atom. The number of carbonyl (C=O) groups is 1. The van der Waals surface area contributed by atoms with E-state index in [0.717, 1.165) is 17.0 Å². The molecule has 0 unspecified atom stereocenters. The lowest BCUT2D eigenvalue weighted by molar-refractivity contribution is -0.119. The molecular formula is C15H16N2O2. The van der Waals surface area contributed by atoms with E-state index in [2.05, 4.69) is 10.3 Å². The quantitative estimate of drug-likeness (QED) is 0.893. The van der Waals surface area contributed by atoms with Gasteiger partial charge >= 0.3 is 0 Å². The second kappa shape index (κ2) is 6.54. The fourth-order valence-corrected chi connectivity index (χ4v) is 1.61. The Balaban J connectivity index is 1.93. The zero-order chi connectivity index (χ0) is 13.5. The standard InChI is InChI=1S/C15H16N2O2/c1-12(18)17-10-13-5-4-7-15(9-13)19-11-14-6-2-3-8-16-14/h2-9H,10-11H2,1H3,(H,17,18). The van der Waals surface area contributed by atoms with Gasteiger partial charge in [0.15, 0.2) is 0 Å². The average Bonchev–Trinajstić information content (AvgIpc) is 2.44. The summed E-state index contributed by atoms with van der Waals surface area (Å²) in [7, 11) is 0. The van der Waals surface area contributed by atoms with Crippen molar-refractivity contribution < 1.29 is 9.53 Å². The van der Waals surface area contributed by atoms with Crippen LogP contribution in [0.1, 0.15) is 18.2 Å². The molecule has 0 aliphatic rings. The van der Waals surface area contributed by atoms with Crippen molar-refractivity contribution in [2.24, 2.45) is 0 Å². The van der Waals surface area contributed by atoms with Crippen LogP contribution in [0, 0.1) is 0 Å². The van der Waals surface area contributed by atoms with Crippen LogP contribution in [0.5, 0.6) is 5.75 Å². The van der Waals surface area contributed by atoms with Gasteiger partial charge in [-0.1, -0.05) is 18.2 Å². The van der Waals surface area contributed by atoms with Crippen molar-refractivity contribution in [1.82, 2.24) is 10.3 Å². The second-order valence-electron chi connectivity index (χ2n) is 4.17. The number of nitrogens with zero attached hydrogens (tertiary/aromatic N) is 1. The van der Waals surface area contributed by atoms with Crippen molar-refractivity contribution in [2.75, 3.05) is 0 Å². The number of rotatable bonds is 5. The summed E-state index contributed by atoms with van der Waals surface area (Å²) in [5.41, 5.74) is 1.89. The molecule has 19 heavy (non-hydrogen) atoms. The Hall–Kier alpha value is -2.36. The highest BCUT2D eigenvalue weighted by molar-refractivity contribution is 5.72. The van der Waals surface area contributed by atoms with Gasteiger partial charge in [0.2, 0.25) is 5.91 Å². The van der Waals surface area contributed by atoms with Gasteiger partial charge in [0.05, 0.1) is 5.69 Å². The first-order valence-electron chi connectivity index (χ1n) is 6.10. The maximum absolute atomic E-state index is 10.9. The molecule has 1 aromatic carbocycles. The van der Waals surface area contributed by atoms with E-state index in [-0.39, 0.29) is 5.91 Å². The van der Waals surface area contributed by atoms with Crippen molar-refractivity contribution in [3.05, 3.63) is 59.9 Å². The van der Waals surface area contributed by atoms with E-state index in [0.29, 0.717) is 13.2 Å². The van der Waals surface area contributed by atoms with Gasteiger partial charge in [-0.05, 0) is 29.8 Å². The van der Waals surface area contributed by atoms with E-state index in [1.807, 2.05) is 42.5 Å². The maximum Gasteiger partial charge on any atom is 0.217 e. The third-order valence-electron chi connectivity index (χ3n) is 2.55. The molecule has 0 saturated heterocycles. The maximum atomic E-state index is 10.9. The lowest BCUT2D eigenvalue weighted by Gasteiger charge is -2.08. The van der Waals surface area contributed by atoms with Crippen LogP contribution < -0.4 is 10.1 Å². The van der Waals surface area contributed by atoms with Crippen LogP contribution >= 0.6 is 0 Å². The van der Waals surface area contributed by atoms with Crippen LogP contribution in [-0.4, -0.2) is 10.9 Å². The third kappa shape index (κ3) is 4.43. The minimum atomic E-state index is -0.0418. The number of aromatic nitrogens is 1. The molecule has 98 valence electrons. The molecule has 0 aliphatic carbocycles. The van der Waals surface area contributed by atoms with Crippen LogP contribution in [0.4, 0.5) is 0 Å². The largest absolute Gasteiger partial charge is 0.487 e. The smallest absolute Gasteiger partial charge is 0.217 e. The van der Waals surface area contributed by atoms with Crippen molar-refractivity contribution in [2.45, 2.75) is 20.1 Å². The number of amides is 1. The summed E-state index contributed by atoms with van der Waals surface area (Å²) in [5, 5.41) is 2.76. The highest BCUT2D eigenvalue weighted by Gasteiger charge is 1.99. The number of carbonyl (C=O) groups excluding carboxylic acids is 1. The molecule has 4 nitrogen and oxygen atoms in total. The van der Waals surface area contributed by atoms with E-state index < -0.39 is 0 Å². The highest BCUT2D eigenvalue weighted by Crippen LogP contribution is 2.14. The first-order valence-corrected chi connectivity index (χ1v) is 6.10. The number of ether oxygens (including phenoxy) is 1. The predicted octanol–water partition coefficient (Wildman–Crippen LogP) is 2.30. The normalized spacial score (nSPS) is 9.95. The lowest BCUT2D eigenvalue weighted by Crippen LogP contribution is -2.18. The molecule has 1 N–H and O–H groups in total. The molecule has 2 rings (SSSR count). The molecule has 0 bridgehead atoms. The minimum Gasteiger partial charge on any atom is -0.487 e. The van der Waals surface area contributed by atoms with E-state index in [4.69, 9.17) is 4.74 Å². The monoisotopic (exact) mass is 256 g/mol. The molecule has 0 aliphatic heterocycles. The van der Waals surface area contributed by atoms with Gasteiger partial charge in [0.1, 0.15) is 12.4 Å². The van der Waals surface area contributed by atoms with Crippen LogP contribution in [-0.2, 0) is 17.9 Å². The fraction of sp³-hybridized carbons (Fsp3) is 0.200. The number of nitrogens with one attached hydrogen (secondary N) is 1. The molecule has 0 radical (unpaired) electrons. The Morgan fingerprint density at radius 2 is 2.16 bits per heavy atom. The fourth-order valence-electron chi connectivity index (χ4n) is 1.61. The van der Waals surface area contributed by atoms with E-state index >= 15 is 0 Å². The molecule has 0 spiro atoms. The van der Waals surface area contributed by atoms with Crippen molar-refractivity contribution >= 4 is 5.91 Å². The summed E-state index contributed by atoms with van der Waals surface area (Å²) in [4.78, 5) is 15.1. The van der Waals surface area contributed by atoms with Gasteiger partial charge in [-0.25, -0.2) is 0 Å². The van der Waals surface area contributed by atoms with Crippen LogP contribution in [0.15, 0.2) is 48.7 Å². The van der Waals surface area contributed by atoms with Crippen molar-refractivity contribution in [3.63, 3.8) is 0 Å².